The van der Waals surface area contributed by atoms with E-state index < -0.39 is 16.1 Å². The molecule has 0 aliphatic heterocycles. The number of aliphatic hydroxyl groups is 1. The number of sulfonamides is 1. The van der Waals surface area contributed by atoms with Crippen LogP contribution in [0.2, 0.25) is 0 Å². The SMILES string of the molecule is CCNS(=O)(=O)c1ccc(NCC(O)CC)cc1. The lowest BCUT2D eigenvalue weighted by molar-refractivity contribution is 0.183. The average molecular weight is 272 g/mol. The molecule has 0 bridgehead atoms. The van der Waals surface area contributed by atoms with Crippen LogP contribution in [0.15, 0.2) is 29.2 Å². The van der Waals surface area contributed by atoms with Gasteiger partial charge in [0.25, 0.3) is 0 Å². The summed E-state index contributed by atoms with van der Waals surface area (Å²) in [5.74, 6) is 0. The summed E-state index contributed by atoms with van der Waals surface area (Å²) in [5.41, 5.74) is 0.790. The maximum atomic E-state index is 11.7. The molecular weight excluding hydrogens is 252 g/mol. The fourth-order valence-electron chi connectivity index (χ4n) is 1.41. The Morgan fingerprint density at radius 3 is 2.33 bits per heavy atom. The molecule has 1 aromatic rings. The Kier molecular flexibility index (Phi) is 5.58. The van der Waals surface area contributed by atoms with Crippen LogP contribution in [0.4, 0.5) is 5.69 Å². The van der Waals surface area contributed by atoms with Gasteiger partial charge >= 0.3 is 0 Å². The zero-order chi connectivity index (χ0) is 13.6. The first-order valence-corrected chi connectivity index (χ1v) is 7.49. The molecule has 0 aromatic heterocycles. The van der Waals surface area contributed by atoms with Gasteiger partial charge in [-0.15, -0.1) is 0 Å². The minimum absolute atomic E-state index is 0.242. The van der Waals surface area contributed by atoms with Crippen LogP contribution in [0.25, 0.3) is 0 Å². The smallest absolute Gasteiger partial charge is 0.240 e. The van der Waals surface area contributed by atoms with Gasteiger partial charge in [0, 0.05) is 18.8 Å². The molecule has 0 saturated carbocycles. The molecule has 1 unspecified atom stereocenters. The second-order valence-corrected chi connectivity index (χ2v) is 5.74. The Labute approximate surface area is 108 Å². The lowest BCUT2D eigenvalue weighted by Crippen LogP contribution is -2.23. The third-order valence-electron chi connectivity index (χ3n) is 2.51. The number of rotatable bonds is 7. The fourth-order valence-corrected chi connectivity index (χ4v) is 2.45. The molecule has 0 heterocycles. The maximum Gasteiger partial charge on any atom is 0.240 e. The molecule has 0 fully saturated rings. The summed E-state index contributed by atoms with van der Waals surface area (Å²) in [5, 5.41) is 12.4. The summed E-state index contributed by atoms with van der Waals surface area (Å²) in [7, 11) is -3.39. The molecule has 0 aliphatic rings. The van der Waals surface area contributed by atoms with Gasteiger partial charge in [0.05, 0.1) is 11.0 Å². The number of anilines is 1. The van der Waals surface area contributed by atoms with Gasteiger partial charge in [-0.2, -0.15) is 0 Å². The predicted octanol–water partition coefficient (Wildman–Crippen LogP) is 1.17. The number of benzene rings is 1. The lowest BCUT2D eigenvalue weighted by atomic mass is 10.2. The van der Waals surface area contributed by atoms with E-state index in [2.05, 4.69) is 10.0 Å². The van der Waals surface area contributed by atoms with E-state index in [-0.39, 0.29) is 4.90 Å². The van der Waals surface area contributed by atoms with Crippen molar-refractivity contribution in [3.05, 3.63) is 24.3 Å². The molecule has 3 N–H and O–H groups in total. The van der Waals surface area contributed by atoms with Crippen LogP contribution in [0.1, 0.15) is 20.3 Å². The largest absolute Gasteiger partial charge is 0.391 e. The van der Waals surface area contributed by atoms with Crippen LogP contribution >= 0.6 is 0 Å². The first-order valence-electron chi connectivity index (χ1n) is 6.01. The Balaban J connectivity index is 2.68. The highest BCUT2D eigenvalue weighted by atomic mass is 32.2. The van der Waals surface area contributed by atoms with Crippen molar-refractivity contribution in [2.75, 3.05) is 18.4 Å². The van der Waals surface area contributed by atoms with Gasteiger partial charge in [-0.25, -0.2) is 13.1 Å². The Morgan fingerprint density at radius 2 is 1.83 bits per heavy atom. The van der Waals surface area contributed by atoms with Crippen LogP contribution in [-0.2, 0) is 10.0 Å². The van der Waals surface area contributed by atoms with Crippen molar-refractivity contribution in [3.63, 3.8) is 0 Å². The monoisotopic (exact) mass is 272 g/mol. The summed E-state index contributed by atoms with van der Waals surface area (Å²) in [4.78, 5) is 0.242. The van der Waals surface area contributed by atoms with Gasteiger partial charge in [0.1, 0.15) is 0 Å². The Bertz CT molecular complexity index is 457. The second kappa shape index (κ2) is 6.72. The van der Waals surface area contributed by atoms with E-state index in [1.807, 2.05) is 6.92 Å². The number of aliphatic hydroxyl groups excluding tert-OH is 1. The molecule has 0 aliphatic carbocycles. The minimum atomic E-state index is -3.39. The molecule has 5 nitrogen and oxygen atoms in total. The second-order valence-electron chi connectivity index (χ2n) is 3.97. The van der Waals surface area contributed by atoms with E-state index in [0.717, 1.165) is 5.69 Å². The number of hydrogen-bond donors (Lipinski definition) is 3. The Morgan fingerprint density at radius 1 is 1.22 bits per heavy atom. The summed E-state index contributed by atoms with van der Waals surface area (Å²) in [6.07, 6.45) is 0.287. The van der Waals surface area contributed by atoms with E-state index in [4.69, 9.17) is 0 Å². The van der Waals surface area contributed by atoms with Gasteiger partial charge in [0.2, 0.25) is 10.0 Å². The molecule has 0 spiro atoms. The molecular formula is C12H20N2O3S. The molecule has 0 amide bonds. The summed E-state index contributed by atoms with van der Waals surface area (Å²) in [6, 6.07) is 6.45. The van der Waals surface area contributed by atoms with Crippen molar-refractivity contribution in [1.82, 2.24) is 4.72 Å². The third-order valence-corrected chi connectivity index (χ3v) is 4.07. The van der Waals surface area contributed by atoms with Gasteiger partial charge in [-0.05, 0) is 30.7 Å². The molecule has 0 saturated heterocycles. The lowest BCUT2D eigenvalue weighted by Gasteiger charge is -2.11. The summed E-state index contributed by atoms with van der Waals surface area (Å²) >= 11 is 0. The molecule has 18 heavy (non-hydrogen) atoms. The zero-order valence-electron chi connectivity index (χ0n) is 10.7. The standard InChI is InChI=1S/C12H20N2O3S/c1-3-11(15)9-13-10-5-7-12(8-6-10)18(16,17)14-4-2/h5-8,11,13-15H,3-4,9H2,1-2H3. The van der Waals surface area contributed by atoms with Crippen molar-refractivity contribution < 1.29 is 13.5 Å². The van der Waals surface area contributed by atoms with Crippen LogP contribution < -0.4 is 10.0 Å². The zero-order valence-corrected chi connectivity index (χ0v) is 11.5. The van der Waals surface area contributed by atoms with E-state index >= 15 is 0 Å². The molecule has 0 radical (unpaired) electrons. The van der Waals surface area contributed by atoms with Crippen LogP contribution in [0, 0.1) is 0 Å². The Hall–Kier alpha value is -1.11. The topological polar surface area (TPSA) is 78.4 Å². The highest BCUT2D eigenvalue weighted by Crippen LogP contribution is 2.13. The van der Waals surface area contributed by atoms with E-state index in [1.54, 1.807) is 31.2 Å². The van der Waals surface area contributed by atoms with Crippen molar-refractivity contribution >= 4 is 15.7 Å². The van der Waals surface area contributed by atoms with Crippen LogP contribution in [-0.4, -0.2) is 32.7 Å². The quantitative estimate of drug-likeness (QED) is 0.696. The average Bonchev–Trinajstić information content (AvgIpc) is 2.36. The van der Waals surface area contributed by atoms with Crippen molar-refractivity contribution in [2.24, 2.45) is 0 Å². The van der Waals surface area contributed by atoms with Crippen LogP contribution in [0.5, 0.6) is 0 Å². The predicted molar refractivity (Wildman–Crippen MR) is 72.1 cm³/mol. The van der Waals surface area contributed by atoms with Gasteiger partial charge in [-0.3, -0.25) is 0 Å². The normalized spacial score (nSPS) is 13.3. The third kappa shape index (κ3) is 4.29. The van der Waals surface area contributed by atoms with Crippen molar-refractivity contribution in [1.29, 1.82) is 0 Å². The molecule has 1 aromatic carbocycles. The first-order chi connectivity index (χ1) is 8.49. The van der Waals surface area contributed by atoms with Gasteiger partial charge < -0.3 is 10.4 Å². The van der Waals surface area contributed by atoms with Gasteiger partial charge in [0.15, 0.2) is 0 Å². The van der Waals surface area contributed by atoms with Crippen LogP contribution in [0.3, 0.4) is 0 Å². The molecule has 1 rings (SSSR count). The highest BCUT2D eigenvalue weighted by molar-refractivity contribution is 7.89. The number of nitrogens with one attached hydrogen (secondary N) is 2. The van der Waals surface area contributed by atoms with E-state index in [9.17, 15) is 13.5 Å². The molecule has 102 valence electrons. The van der Waals surface area contributed by atoms with E-state index in [0.29, 0.717) is 19.5 Å². The first kappa shape index (κ1) is 14.9. The summed E-state index contributed by atoms with van der Waals surface area (Å²) in [6.45, 7) is 4.46. The highest BCUT2D eigenvalue weighted by Gasteiger charge is 2.11. The maximum absolute atomic E-state index is 11.7. The molecule has 6 heteroatoms. The van der Waals surface area contributed by atoms with E-state index in [1.165, 1.54) is 0 Å². The van der Waals surface area contributed by atoms with Gasteiger partial charge in [-0.1, -0.05) is 13.8 Å². The number of hydrogen-bond acceptors (Lipinski definition) is 4. The summed E-state index contributed by atoms with van der Waals surface area (Å²) < 4.78 is 25.8. The minimum Gasteiger partial charge on any atom is -0.391 e. The molecule has 1 atom stereocenters. The van der Waals surface area contributed by atoms with Crippen molar-refractivity contribution in [2.45, 2.75) is 31.3 Å². The fraction of sp³-hybridized carbons (Fsp3) is 0.500. The van der Waals surface area contributed by atoms with Crippen molar-refractivity contribution in [3.8, 4) is 0 Å².